The van der Waals surface area contributed by atoms with E-state index < -0.39 is 0 Å². The first-order valence-electron chi connectivity index (χ1n) is 7.92. The molecule has 2 aromatic carbocycles. The average Bonchev–Trinajstić information content (AvgIpc) is 2.54. The van der Waals surface area contributed by atoms with Crippen molar-refractivity contribution in [3.8, 4) is 11.1 Å². The molecule has 0 aliphatic rings. The van der Waals surface area contributed by atoms with Crippen molar-refractivity contribution in [2.24, 2.45) is 0 Å². The third-order valence-electron chi connectivity index (χ3n) is 3.71. The van der Waals surface area contributed by atoms with Gasteiger partial charge < -0.3 is 4.74 Å². The Hall–Kier alpha value is -1.93. The fourth-order valence-corrected chi connectivity index (χ4v) is 2.44. The van der Waals surface area contributed by atoms with E-state index in [1.807, 2.05) is 24.3 Å². The lowest BCUT2D eigenvalue weighted by Gasteiger charge is -2.12. The number of hydrogen-bond acceptors (Lipinski definition) is 2. The van der Waals surface area contributed by atoms with Crippen LogP contribution in [0.4, 0.5) is 0 Å². The first kappa shape index (κ1) is 16.4. The van der Waals surface area contributed by atoms with Crippen LogP contribution in [0.25, 0.3) is 11.1 Å². The molecule has 0 amide bonds. The van der Waals surface area contributed by atoms with Gasteiger partial charge in [0, 0.05) is 12.2 Å². The summed E-state index contributed by atoms with van der Waals surface area (Å²) >= 11 is 0. The lowest BCUT2D eigenvalue weighted by molar-refractivity contribution is 0.0669. The van der Waals surface area contributed by atoms with E-state index in [-0.39, 0.29) is 11.9 Å². The molecule has 2 aromatic rings. The Morgan fingerprint density at radius 2 is 1.55 bits per heavy atom. The van der Waals surface area contributed by atoms with Gasteiger partial charge in [-0.25, -0.2) is 0 Å². The van der Waals surface area contributed by atoms with Gasteiger partial charge in [0.1, 0.15) is 0 Å². The van der Waals surface area contributed by atoms with Crippen molar-refractivity contribution in [3.63, 3.8) is 0 Å². The van der Waals surface area contributed by atoms with Crippen LogP contribution in [0.2, 0.25) is 0 Å². The van der Waals surface area contributed by atoms with E-state index in [1.54, 1.807) is 6.92 Å². The maximum absolute atomic E-state index is 11.3. The molecular formula is C20H24O2. The fourth-order valence-electron chi connectivity index (χ4n) is 2.44. The molecule has 0 saturated carbocycles. The number of ketones is 1. The van der Waals surface area contributed by atoms with Gasteiger partial charge in [-0.15, -0.1) is 0 Å². The van der Waals surface area contributed by atoms with E-state index in [9.17, 15) is 4.79 Å². The highest BCUT2D eigenvalue weighted by molar-refractivity contribution is 5.94. The molecule has 0 spiro atoms. The second-order valence-corrected chi connectivity index (χ2v) is 5.72. The monoisotopic (exact) mass is 296 g/mol. The van der Waals surface area contributed by atoms with Gasteiger partial charge in [0.25, 0.3) is 0 Å². The summed E-state index contributed by atoms with van der Waals surface area (Å²) in [5.41, 5.74) is 4.34. The Kier molecular flexibility index (Phi) is 5.91. The summed E-state index contributed by atoms with van der Waals surface area (Å²) in [7, 11) is 0. The molecule has 0 N–H and O–H groups in total. The number of Topliss-reactive ketones (excluding diaryl/α,β-unsaturated/α-hetero) is 1. The van der Waals surface area contributed by atoms with Crippen LogP contribution in [0.5, 0.6) is 0 Å². The van der Waals surface area contributed by atoms with E-state index in [0.29, 0.717) is 0 Å². The molecule has 0 aliphatic carbocycles. The van der Waals surface area contributed by atoms with Gasteiger partial charge >= 0.3 is 0 Å². The summed E-state index contributed by atoms with van der Waals surface area (Å²) < 4.78 is 5.71. The first-order chi connectivity index (χ1) is 10.6. The maximum atomic E-state index is 11.3. The summed E-state index contributed by atoms with van der Waals surface area (Å²) in [6, 6.07) is 16.3. The number of rotatable bonds is 7. The standard InChI is InChI=1S/C20H24O2/c1-4-13-22-15(2)14-17-5-7-19(8-6-17)20-11-9-18(10-12-20)16(3)21/h5-12,15H,4,13-14H2,1-3H3. The normalized spacial score (nSPS) is 12.1. The summed E-state index contributed by atoms with van der Waals surface area (Å²) in [6.45, 7) is 6.65. The Balaban J connectivity index is 2.03. The van der Waals surface area contributed by atoms with Crippen molar-refractivity contribution in [3.05, 3.63) is 59.7 Å². The van der Waals surface area contributed by atoms with Crippen molar-refractivity contribution >= 4 is 5.78 Å². The van der Waals surface area contributed by atoms with E-state index in [1.165, 1.54) is 11.1 Å². The molecule has 2 heteroatoms. The number of ether oxygens (including phenoxy) is 1. The van der Waals surface area contributed by atoms with Crippen molar-refractivity contribution in [1.82, 2.24) is 0 Å². The lowest BCUT2D eigenvalue weighted by Crippen LogP contribution is -2.12. The molecule has 1 unspecified atom stereocenters. The summed E-state index contributed by atoms with van der Waals surface area (Å²) in [5, 5.41) is 0. The highest BCUT2D eigenvalue weighted by Gasteiger charge is 2.05. The predicted octanol–water partition coefficient (Wildman–Crippen LogP) is 4.91. The lowest BCUT2D eigenvalue weighted by atomic mass is 10.00. The van der Waals surface area contributed by atoms with Crippen LogP contribution in [0.3, 0.4) is 0 Å². The second-order valence-electron chi connectivity index (χ2n) is 5.72. The highest BCUT2D eigenvalue weighted by atomic mass is 16.5. The number of benzene rings is 2. The van der Waals surface area contributed by atoms with Crippen molar-refractivity contribution in [2.45, 2.75) is 39.7 Å². The third-order valence-corrected chi connectivity index (χ3v) is 3.71. The Morgan fingerprint density at radius 1 is 1.00 bits per heavy atom. The predicted molar refractivity (Wildman–Crippen MR) is 91.3 cm³/mol. The van der Waals surface area contributed by atoms with Crippen LogP contribution in [0.15, 0.2) is 48.5 Å². The summed E-state index contributed by atoms with van der Waals surface area (Å²) in [4.78, 5) is 11.3. The van der Waals surface area contributed by atoms with Crippen LogP contribution in [-0.2, 0) is 11.2 Å². The van der Waals surface area contributed by atoms with Crippen LogP contribution in [0, 0.1) is 0 Å². The van der Waals surface area contributed by atoms with Gasteiger partial charge in [-0.3, -0.25) is 4.79 Å². The minimum absolute atomic E-state index is 0.1000. The van der Waals surface area contributed by atoms with Gasteiger partial charge in [-0.2, -0.15) is 0 Å². The number of carbonyl (C=O) groups excluding carboxylic acids is 1. The minimum Gasteiger partial charge on any atom is -0.378 e. The summed E-state index contributed by atoms with van der Waals surface area (Å²) in [5.74, 6) is 0.1000. The molecule has 0 heterocycles. The molecular weight excluding hydrogens is 272 g/mol. The van der Waals surface area contributed by atoms with Gasteiger partial charge in [0.2, 0.25) is 0 Å². The Bertz CT molecular complexity index is 597. The molecule has 0 bridgehead atoms. The quantitative estimate of drug-likeness (QED) is 0.678. The van der Waals surface area contributed by atoms with E-state index in [4.69, 9.17) is 4.74 Å². The van der Waals surface area contributed by atoms with E-state index >= 15 is 0 Å². The topological polar surface area (TPSA) is 26.3 Å². The smallest absolute Gasteiger partial charge is 0.159 e. The second kappa shape index (κ2) is 7.90. The molecule has 0 fully saturated rings. The molecule has 0 saturated heterocycles. The fraction of sp³-hybridized carbons (Fsp3) is 0.350. The van der Waals surface area contributed by atoms with Crippen LogP contribution in [-0.4, -0.2) is 18.5 Å². The van der Waals surface area contributed by atoms with Crippen LogP contribution < -0.4 is 0 Å². The first-order valence-corrected chi connectivity index (χ1v) is 7.92. The zero-order valence-corrected chi connectivity index (χ0v) is 13.6. The van der Waals surface area contributed by atoms with Gasteiger partial charge in [-0.1, -0.05) is 55.5 Å². The zero-order valence-electron chi connectivity index (χ0n) is 13.6. The zero-order chi connectivity index (χ0) is 15.9. The SMILES string of the molecule is CCCOC(C)Cc1ccc(-c2ccc(C(C)=O)cc2)cc1. The summed E-state index contributed by atoms with van der Waals surface area (Å²) in [6.07, 6.45) is 2.24. The third kappa shape index (κ3) is 4.54. The van der Waals surface area contributed by atoms with Crippen molar-refractivity contribution in [1.29, 1.82) is 0 Å². The van der Waals surface area contributed by atoms with Crippen LogP contribution in [0.1, 0.15) is 43.1 Å². The van der Waals surface area contributed by atoms with Gasteiger partial charge in [0.15, 0.2) is 5.78 Å². The Labute approximate surface area is 133 Å². The van der Waals surface area contributed by atoms with E-state index in [2.05, 4.69) is 38.1 Å². The van der Waals surface area contributed by atoms with Gasteiger partial charge in [-0.05, 0) is 43.4 Å². The number of carbonyl (C=O) groups is 1. The largest absolute Gasteiger partial charge is 0.378 e. The van der Waals surface area contributed by atoms with Gasteiger partial charge in [0.05, 0.1) is 6.10 Å². The average molecular weight is 296 g/mol. The molecule has 2 nitrogen and oxygen atoms in total. The highest BCUT2D eigenvalue weighted by Crippen LogP contribution is 2.21. The molecule has 1 atom stereocenters. The molecule has 0 aromatic heterocycles. The van der Waals surface area contributed by atoms with E-state index in [0.717, 1.165) is 30.6 Å². The molecule has 22 heavy (non-hydrogen) atoms. The maximum Gasteiger partial charge on any atom is 0.159 e. The molecule has 0 aliphatic heterocycles. The molecule has 0 radical (unpaired) electrons. The number of hydrogen-bond donors (Lipinski definition) is 0. The molecule has 2 rings (SSSR count). The Morgan fingerprint density at radius 3 is 2.05 bits per heavy atom. The van der Waals surface area contributed by atoms with Crippen LogP contribution >= 0.6 is 0 Å². The van der Waals surface area contributed by atoms with Crippen molar-refractivity contribution in [2.75, 3.05) is 6.61 Å². The van der Waals surface area contributed by atoms with Crippen molar-refractivity contribution < 1.29 is 9.53 Å². The minimum atomic E-state index is 0.1000. The molecule has 116 valence electrons.